The van der Waals surface area contributed by atoms with Gasteiger partial charge in [-0.2, -0.15) is 0 Å². The third kappa shape index (κ3) is 4.85. The number of piperidine rings is 1. The fourth-order valence-corrected chi connectivity index (χ4v) is 5.36. The summed E-state index contributed by atoms with van der Waals surface area (Å²) in [6, 6.07) is 28.9. The van der Waals surface area contributed by atoms with Crippen molar-refractivity contribution >= 4 is 5.91 Å². The van der Waals surface area contributed by atoms with Gasteiger partial charge in [0, 0.05) is 43.1 Å². The molecule has 1 amide bonds. The average molecular weight is 494 g/mol. The number of fused-ring (bicyclic) bond motifs is 1. The molecule has 0 radical (unpaired) electrons. The highest BCUT2D eigenvalue weighted by molar-refractivity contribution is 5.97. The Bertz CT molecular complexity index is 1390. The molecular formula is C31H31N3O3. The number of amides is 1. The number of aromatic nitrogens is 1. The van der Waals surface area contributed by atoms with Gasteiger partial charge < -0.3 is 19.4 Å². The highest BCUT2D eigenvalue weighted by Gasteiger charge is 2.25. The Hall–Kier alpha value is -4.03. The van der Waals surface area contributed by atoms with Gasteiger partial charge in [0.05, 0.1) is 11.3 Å². The maximum Gasteiger partial charge on any atom is 0.253 e. The molecule has 0 unspecified atom stereocenters. The minimum absolute atomic E-state index is 0.0179. The van der Waals surface area contributed by atoms with E-state index in [0.717, 1.165) is 66.6 Å². The number of rotatable bonds is 6. The van der Waals surface area contributed by atoms with E-state index in [-0.39, 0.29) is 18.7 Å². The Morgan fingerprint density at radius 1 is 0.892 bits per heavy atom. The van der Waals surface area contributed by atoms with Crippen LogP contribution < -0.4 is 14.8 Å². The zero-order valence-electron chi connectivity index (χ0n) is 21.0. The maximum atomic E-state index is 13.5. The molecule has 0 saturated carbocycles. The fraction of sp³-hybridized carbons (Fsp3) is 0.258. The Labute approximate surface area is 217 Å². The van der Waals surface area contributed by atoms with E-state index in [4.69, 9.17) is 9.47 Å². The lowest BCUT2D eigenvalue weighted by Crippen LogP contribution is -2.44. The van der Waals surface area contributed by atoms with Gasteiger partial charge in [-0.05, 0) is 49.1 Å². The van der Waals surface area contributed by atoms with Gasteiger partial charge in [-0.3, -0.25) is 9.69 Å². The van der Waals surface area contributed by atoms with Gasteiger partial charge in [0.1, 0.15) is 0 Å². The van der Waals surface area contributed by atoms with Gasteiger partial charge in [-0.1, -0.05) is 60.7 Å². The van der Waals surface area contributed by atoms with E-state index < -0.39 is 0 Å². The van der Waals surface area contributed by atoms with Crippen molar-refractivity contribution in [3.05, 3.63) is 102 Å². The summed E-state index contributed by atoms with van der Waals surface area (Å²) in [4.78, 5) is 16.0. The summed E-state index contributed by atoms with van der Waals surface area (Å²) in [5, 5.41) is 3.32. The van der Waals surface area contributed by atoms with E-state index in [1.54, 1.807) is 0 Å². The molecule has 3 aromatic carbocycles. The highest BCUT2D eigenvalue weighted by Crippen LogP contribution is 2.37. The van der Waals surface area contributed by atoms with Crippen molar-refractivity contribution in [2.24, 2.45) is 0 Å². The molecule has 37 heavy (non-hydrogen) atoms. The predicted octanol–water partition coefficient (Wildman–Crippen LogP) is 5.58. The van der Waals surface area contributed by atoms with Gasteiger partial charge in [0.15, 0.2) is 11.5 Å². The summed E-state index contributed by atoms with van der Waals surface area (Å²) in [5.41, 5.74) is 5.89. The molecule has 2 aliphatic rings. The summed E-state index contributed by atoms with van der Waals surface area (Å²) < 4.78 is 13.3. The average Bonchev–Trinajstić information content (AvgIpc) is 3.54. The van der Waals surface area contributed by atoms with Crippen molar-refractivity contribution in [1.29, 1.82) is 0 Å². The molecule has 0 bridgehead atoms. The first-order chi connectivity index (χ1) is 18.2. The monoisotopic (exact) mass is 493 g/mol. The zero-order chi connectivity index (χ0) is 25.2. The van der Waals surface area contributed by atoms with Crippen molar-refractivity contribution in [3.63, 3.8) is 0 Å². The second-order valence-corrected chi connectivity index (χ2v) is 9.78. The fourth-order valence-electron chi connectivity index (χ4n) is 5.36. The molecular weight excluding hydrogens is 462 g/mol. The molecule has 3 heterocycles. The van der Waals surface area contributed by atoms with Gasteiger partial charge in [-0.25, -0.2) is 0 Å². The van der Waals surface area contributed by atoms with Crippen LogP contribution in [-0.2, 0) is 6.54 Å². The van der Waals surface area contributed by atoms with Crippen LogP contribution in [-0.4, -0.2) is 41.3 Å². The molecule has 4 aromatic rings. The van der Waals surface area contributed by atoms with Crippen LogP contribution in [0.2, 0.25) is 0 Å². The topological polar surface area (TPSA) is 55.7 Å². The Morgan fingerprint density at radius 2 is 1.59 bits per heavy atom. The number of ether oxygens (including phenoxy) is 2. The summed E-state index contributed by atoms with van der Waals surface area (Å²) in [7, 11) is 0. The normalized spacial score (nSPS) is 15.6. The molecule has 6 nitrogen and oxygen atoms in total. The zero-order valence-corrected chi connectivity index (χ0v) is 21.0. The van der Waals surface area contributed by atoms with Crippen molar-refractivity contribution < 1.29 is 14.3 Å². The minimum atomic E-state index is -0.0179. The molecule has 2 aliphatic heterocycles. The van der Waals surface area contributed by atoms with Crippen LogP contribution in [0, 0.1) is 6.92 Å². The first-order valence-corrected chi connectivity index (χ1v) is 12.9. The second-order valence-electron chi connectivity index (χ2n) is 9.78. The van der Waals surface area contributed by atoms with Crippen LogP contribution in [0.1, 0.15) is 34.5 Å². The lowest BCUT2D eigenvalue weighted by Gasteiger charge is -2.32. The van der Waals surface area contributed by atoms with E-state index >= 15 is 0 Å². The quantitative estimate of drug-likeness (QED) is 0.381. The van der Waals surface area contributed by atoms with E-state index in [2.05, 4.69) is 57.2 Å². The molecule has 1 saturated heterocycles. The predicted molar refractivity (Wildman–Crippen MR) is 144 cm³/mol. The van der Waals surface area contributed by atoms with Gasteiger partial charge >= 0.3 is 0 Å². The van der Waals surface area contributed by atoms with Crippen molar-refractivity contribution in [2.75, 3.05) is 19.9 Å². The first kappa shape index (κ1) is 23.4. The number of nitrogens with one attached hydrogen (secondary N) is 1. The van der Waals surface area contributed by atoms with Gasteiger partial charge in [0.25, 0.3) is 5.91 Å². The summed E-state index contributed by atoms with van der Waals surface area (Å²) in [6.45, 7) is 5.15. The third-order valence-electron chi connectivity index (χ3n) is 7.35. The maximum absolute atomic E-state index is 13.5. The molecule has 188 valence electrons. The number of nitrogens with zero attached hydrogens (tertiary/aromatic N) is 2. The lowest BCUT2D eigenvalue weighted by molar-refractivity contribution is 0.0908. The summed E-state index contributed by atoms with van der Waals surface area (Å²) in [5.74, 6) is 1.44. The first-order valence-electron chi connectivity index (χ1n) is 12.9. The number of benzene rings is 3. The van der Waals surface area contributed by atoms with Crippen LogP contribution in [0.15, 0.2) is 84.9 Å². The number of likely N-dealkylation sites (tertiary alicyclic amines) is 1. The number of hydrogen-bond donors (Lipinski definition) is 1. The molecule has 6 heteroatoms. The standard InChI is InChI=1S/C31H31N3O3/c1-22-27(31(35)32-25-14-16-33(17-15-25)20-23-8-4-2-5-9-23)19-28(24-10-6-3-7-11-24)34(22)26-12-13-29-30(18-26)37-21-36-29/h2-13,18-19,25H,14-17,20-21H2,1H3,(H,32,35). The molecule has 1 fully saturated rings. The Balaban J connectivity index is 1.22. The van der Waals surface area contributed by atoms with Crippen molar-refractivity contribution in [3.8, 4) is 28.4 Å². The molecule has 1 aromatic heterocycles. The summed E-state index contributed by atoms with van der Waals surface area (Å²) in [6.07, 6.45) is 1.90. The van der Waals surface area contributed by atoms with Crippen LogP contribution in [0.25, 0.3) is 16.9 Å². The van der Waals surface area contributed by atoms with E-state index in [0.29, 0.717) is 5.56 Å². The van der Waals surface area contributed by atoms with E-state index in [9.17, 15) is 4.79 Å². The van der Waals surface area contributed by atoms with E-state index in [1.165, 1.54) is 5.56 Å². The lowest BCUT2D eigenvalue weighted by atomic mass is 10.0. The van der Waals surface area contributed by atoms with Gasteiger partial charge in [0.2, 0.25) is 6.79 Å². The third-order valence-corrected chi connectivity index (χ3v) is 7.35. The Kier molecular flexibility index (Phi) is 6.41. The second kappa shape index (κ2) is 10.1. The van der Waals surface area contributed by atoms with Crippen LogP contribution in [0.4, 0.5) is 0 Å². The molecule has 6 rings (SSSR count). The van der Waals surface area contributed by atoms with E-state index in [1.807, 2.05) is 49.4 Å². The van der Waals surface area contributed by atoms with Crippen molar-refractivity contribution in [2.45, 2.75) is 32.4 Å². The largest absolute Gasteiger partial charge is 0.454 e. The molecule has 0 aliphatic carbocycles. The van der Waals surface area contributed by atoms with Gasteiger partial charge in [-0.15, -0.1) is 0 Å². The number of carbonyl (C=O) groups excluding carboxylic acids is 1. The molecule has 1 N–H and O–H groups in total. The van der Waals surface area contributed by atoms with Crippen LogP contribution in [0.5, 0.6) is 11.5 Å². The van der Waals surface area contributed by atoms with Crippen LogP contribution >= 0.6 is 0 Å². The minimum Gasteiger partial charge on any atom is -0.454 e. The number of hydrogen-bond acceptors (Lipinski definition) is 4. The SMILES string of the molecule is Cc1c(C(=O)NC2CCN(Cc3ccccc3)CC2)cc(-c2ccccc2)n1-c1ccc2c(c1)OCO2. The van der Waals surface area contributed by atoms with Crippen molar-refractivity contribution in [1.82, 2.24) is 14.8 Å². The molecule has 0 spiro atoms. The smallest absolute Gasteiger partial charge is 0.253 e. The highest BCUT2D eigenvalue weighted by atomic mass is 16.7. The van der Waals surface area contributed by atoms with Crippen LogP contribution in [0.3, 0.4) is 0 Å². The summed E-state index contributed by atoms with van der Waals surface area (Å²) >= 11 is 0. The number of carbonyl (C=O) groups is 1. The Morgan fingerprint density at radius 3 is 2.35 bits per heavy atom. The molecule has 0 atom stereocenters.